The monoisotopic (exact) mass is 472 g/mol. The predicted octanol–water partition coefficient (Wildman–Crippen LogP) is 5.20. The van der Waals surface area contributed by atoms with E-state index >= 15 is 0 Å². The minimum Gasteiger partial charge on any atom is -0.496 e. The summed E-state index contributed by atoms with van der Waals surface area (Å²) in [6, 6.07) is 26.3. The molecule has 5 heteroatoms. The van der Waals surface area contributed by atoms with Gasteiger partial charge in [-0.2, -0.15) is 0 Å². The Hall–Kier alpha value is -3.02. The third-order valence-electron chi connectivity index (χ3n) is 7.77. The van der Waals surface area contributed by atoms with Crippen molar-refractivity contribution in [2.75, 3.05) is 41.0 Å². The van der Waals surface area contributed by atoms with Crippen LogP contribution in [0.2, 0.25) is 0 Å². The highest BCUT2D eigenvalue weighted by atomic mass is 16.5. The van der Waals surface area contributed by atoms with Gasteiger partial charge in [0.1, 0.15) is 5.75 Å². The van der Waals surface area contributed by atoms with Gasteiger partial charge in [0.15, 0.2) is 11.5 Å². The average molecular weight is 473 g/mol. The molecule has 0 amide bonds. The van der Waals surface area contributed by atoms with Crippen LogP contribution in [0, 0.1) is 5.92 Å². The lowest BCUT2D eigenvalue weighted by Crippen LogP contribution is -2.46. The molecule has 0 N–H and O–H groups in total. The van der Waals surface area contributed by atoms with Gasteiger partial charge in [0.05, 0.1) is 21.3 Å². The van der Waals surface area contributed by atoms with E-state index in [0.717, 1.165) is 50.0 Å². The zero-order valence-corrected chi connectivity index (χ0v) is 21.0. The summed E-state index contributed by atoms with van der Waals surface area (Å²) < 4.78 is 16.8. The van der Waals surface area contributed by atoms with Crippen LogP contribution < -0.4 is 14.2 Å². The first kappa shape index (κ1) is 23.7. The van der Waals surface area contributed by atoms with Gasteiger partial charge in [0.25, 0.3) is 0 Å². The third kappa shape index (κ3) is 5.02. The van der Waals surface area contributed by atoms with E-state index in [9.17, 15) is 0 Å². The summed E-state index contributed by atoms with van der Waals surface area (Å²) in [5, 5.41) is 0. The quantitative estimate of drug-likeness (QED) is 0.450. The number of para-hydroxylation sites is 1. The fourth-order valence-electron chi connectivity index (χ4n) is 6.07. The lowest BCUT2D eigenvalue weighted by atomic mass is 9.81. The number of benzene rings is 3. The van der Waals surface area contributed by atoms with E-state index in [0.29, 0.717) is 17.9 Å². The van der Waals surface area contributed by atoms with Crippen LogP contribution in [0.1, 0.15) is 29.0 Å². The van der Waals surface area contributed by atoms with Gasteiger partial charge in [0.2, 0.25) is 0 Å². The summed E-state index contributed by atoms with van der Waals surface area (Å²) in [7, 11) is 5.18. The first-order valence-corrected chi connectivity index (χ1v) is 12.5. The van der Waals surface area contributed by atoms with Crippen LogP contribution in [0.4, 0.5) is 0 Å². The highest BCUT2D eigenvalue weighted by Crippen LogP contribution is 2.44. The van der Waals surface area contributed by atoms with E-state index < -0.39 is 0 Å². The minimum absolute atomic E-state index is 0.448. The molecular formula is C30H36N2O3. The summed E-state index contributed by atoms with van der Waals surface area (Å²) in [4.78, 5) is 5.32. The average Bonchev–Trinajstić information content (AvgIpc) is 3.26. The Morgan fingerprint density at radius 3 is 2.26 bits per heavy atom. The first-order chi connectivity index (χ1) is 17.2. The van der Waals surface area contributed by atoms with Crippen LogP contribution in [0.25, 0.3) is 0 Å². The number of piperidine rings is 1. The van der Waals surface area contributed by atoms with Crippen molar-refractivity contribution >= 4 is 0 Å². The zero-order chi connectivity index (χ0) is 24.2. The van der Waals surface area contributed by atoms with Crippen molar-refractivity contribution < 1.29 is 14.2 Å². The normalized spacial score (nSPS) is 22.5. The molecule has 0 bridgehead atoms. The molecule has 3 aromatic carbocycles. The molecule has 35 heavy (non-hydrogen) atoms. The minimum atomic E-state index is 0.448. The molecule has 0 radical (unpaired) electrons. The highest BCUT2D eigenvalue weighted by molar-refractivity contribution is 5.44. The maximum absolute atomic E-state index is 5.66. The van der Waals surface area contributed by atoms with Crippen molar-refractivity contribution in [3.63, 3.8) is 0 Å². The number of hydrogen-bond acceptors (Lipinski definition) is 5. The van der Waals surface area contributed by atoms with Crippen molar-refractivity contribution in [3.8, 4) is 17.2 Å². The second-order valence-electron chi connectivity index (χ2n) is 9.70. The van der Waals surface area contributed by atoms with Crippen LogP contribution in [0.5, 0.6) is 17.2 Å². The van der Waals surface area contributed by atoms with Crippen molar-refractivity contribution in [2.24, 2.45) is 5.92 Å². The van der Waals surface area contributed by atoms with Crippen LogP contribution in [-0.4, -0.2) is 56.8 Å². The summed E-state index contributed by atoms with van der Waals surface area (Å²) >= 11 is 0. The Bertz CT molecular complexity index is 1120. The van der Waals surface area contributed by atoms with Crippen molar-refractivity contribution in [3.05, 3.63) is 89.5 Å². The Morgan fingerprint density at radius 1 is 0.743 bits per heavy atom. The van der Waals surface area contributed by atoms with E-state index in [1.54, 1.807) is 21.3 Å². The molecule has 2 heterocycles. The Morgan fingerprint density at radius 2 is 1.49 bits per heavy atom. The summed E-state index contributed by atoms with van der Waals surface area (Å²) in [6.45, 7) is 5.15. The largest absolute Gasteiger partial charge is 0.496 e. The summed E-state index contributed by atoms with van der Waals surface area (Å²) in [5.41, 5.74) is 3.98. The molecule has 2 aliphatic rings. The lowest BCUT2D eigenvalue weighted by Gasteiger charge is -2.39. The van der Waals surface area contributed by atoms with Gasteiger partial charge in [-0.1, -0.05) is 54.6 Å². The van der Waals surface area contributed by atoms with E-state index in [2.05, 4.69) is 76.5 Å². The molecule has 0 spiro atoms. The van der Waals surface area contributed by atoms with Gasteiger partial charge in [0, 0.05) is 43.7 Å². The molecular weight excluding hydrogens is 436 g/mol. The molecule has 2 fully saturated rings. The highest BCUT2D eigenvalue weighted by Gasteiger charge is 2.45. The van der Waals surface area contributed by atoms with Crippen LogP contribution in [0.15, 0.2) is 72.8 Å². The topological polar surface area (TPSA) is 34.2 Å². The Labute approximate surface area is 209 Å². The number of likely N-dealkylation sites (tertiary alicyclic amines) is 2. The maximum atomic E-state index is 5.66. The van der Waals surface area contributed by atoms with Gasteiger partial charge in [-0.25, -0.2) is 0 Å². The molecule has 5 nitrogen and oxygen atoms in total. The lowest BCUT2D eigenvalue weighted by molar-refractivity contribution is 0.100. The van der Waals surface area contributed by atoms with E-state index in [1.807, 2.05) is 6.07 Å². The van der Waals surface area contributed by atoms with E-state index in [-0.39, 0.29) is 0 Å². The van der Waals surface area contributed by atoms with Gasteiger partial charge in [-0.3, -0.25) is 9.80 Å². The number of nitrogens with zero attached hydrogens (tertiary/aromatic N) is 2. The summed E-state index contributed by atoms with van der Waals surface area (Å²) in [5.74, 6) is 3.57. The van der Waals surface area contributed by atoms with E-state index in [4.69, 9.17) is 14.2 Å². The zero-order valence-electron chi connectivity index (χ0n) is 21.0. The molecule has 184 valence electrons. The van der Waals surface area contributed by atoms with Crippen molar-refractivity contribution in [1.82, 2.24) is 9.80 Å². The van der Waals surface area contributed by atoms with Crippen molar-refractivity contribution in [2.45, 2.75) is 31.5 Å². The molecule has 5 rings (SSSR count). The Balaban J connectivity index is 1.41. The first-order valence-electron chi connectivity index (χ1n) is 12.5. The van der Waals surface area contributed by atoms with Crippen LogP contribution >= 0.6 is 0 Å². The van der Waals surface area contributed by atoms with Gasteiger partial charge < -0.3 is 14.2 Å². The van der Waals surface area contributed by atoms with Crippen molar-refractivity contribution in [1.29, 1.82) is 0 Å². The fraction of sp³-hybridized carbons (Fsp3) is 0.400. The molecule has 2 aliphatic heterocycles. The molecule has 0 aromatic heterocycles. The number of ether oxygens (including phenoxy) is 3. The smallest absolute Gasteiger partial charge is 0.160 e. The predicted molar refractivity (Wildman–Crippen MR) is 139 cm³/mol. The molecule has 0 unspecified atom stereocenters. The van der Waals surface area contributed by atoms with Crippen LogP contribution in [0.3, 0.4) is 0 Å². The second kappa shape index (κ2) is 10.7. The molecule has 3 aromatic rings. The summed E-state index contributed by atoms with van der Waals surface area (Å²) in [6.07, 6.45) is 1.18. The van der Waals surface area contributed by atoms with Gasteiger partial charge >= 0.3 is 0 Å². The van der Waals surface area contributed by atoms with Gasteiger partial charge in [-0.05, 0) is 48.2 Å². The molecule has 3 atom stereocenters. The second-order valence-corrected chi connectivity index (χ2v) is 9.70. The van der Waals surface area contributed by atoms with E-state index in [1.165, 1.54) is 23.1 Å². The number of methoxy groups -OCH3 is 3. The number of rotatable bonds is 8. The van der Waals surface area contributed by atoms with Crippen LogP contribution in [-0.2, 0) is 13.1 Å². The molecule has 0 saturated carbocycles. The fourth-order valence-corrected chi connectivity index (χ4v) is 6.07. The molecule has 2 saturated heterocycles. The number of hydrogen-bond donors (Lipinski definition) is 0. The maximum Gasteiger partial charge on any atom is 0.160 e. The SMILES string of the molecule is COc1ccccc1CN1CC[C@@H]2[C@H](C1)[C@@H](c1ccc(OC)c(OC)c1)CN2Cc1ccccc1. The third-order valence-corrected chi connectivity index (χ3v) is 7.77. The van der Waals surface area contributed by atoms with Gasteiger partial charge in [-0.15, -0.1) is 0 Å². The Kier molecular flexibility index (Phi) is 7.26. The standard InChI is InChI=1S/C30H36N2O3/c1-33-28-12-8-7-11-24(28)19-31-16-15-27-26(20-31)25(21-32(27)18-22-9-5-4-6-10-22)23-13-14-29(34-2)30(17-23)35-3/h4-14,17,25-27H,15-16,18-21H2,1-3H3/t25-,26-,27-/m1/s1. The molecule has 0 aliphatic carbocycles. The number of fused-ring (bicyclic) bond motifs is 1.